The van der Waals surface area contributed by atoms with Crippen molar-refractivity contribution >= 4 is 11.9 Å². The number of ether oxygens (including phenoxy) is 1. The molecule has 0 saturated carbocycles. The molecule has 0 aliphatic carbocycles. The fourth-order valence-electron chi connectivity index (χ4n) is 9.26. The van der Waals surface area contributed by atoms with Crippen LogP contribution in [0.5, 0.6) is 0 Å². The average molecular weight is 957 g/mol. The van der Waals surface area contributed by atoms with Crippen LogP contribution in [0.25, 0.3) is 0 Å². The molecule has 0 aliphatic heterocycles. The predicted octanol–water partition coefficient (Wildman–Crippen LogP) is 18.8. The molecule has 0 bridgehead atoms. The molecule has 0 aromatic rings. The van der Waals surface area contributed by atoms with Crippen molar-refractivity contribution in [3.63, 3.8) is 0 Å². The van der Waals surface area contributed by atoms with E-state index in [4.69, 9.17) is 4.74 Å². The smallest absolute Gasteiger partial charge is 0.305 e. The van der Waals surface area contributed by atoms with Gasteiger partial charge in [0.1, 0.15) is 0 Å². The number of allylic oxidation sites excluding steroid dienone is 5. The zero-order chi connectivity index (χ0) is 49.3. The number of carbonyl (C=O) groups excluding carboxylic acids is 2. The molecular weight excluding hydrogens is 839 g/mol. The lowest BCUT2D eigenvalue weighted by molar-refractivity contribution is -0.143. The normalized spacial score (nSPS) is 12.8. The molecular formula is C62H117NO5. The van der Waals surface area contributed by atoms with Gasteiger partial charge >= 0.3 is 5.97 Å². The van der Waals surface area contributed by atoms with Crippen LogP contribution < -0.4 is 5.32 Å². The zero-order valence-electron chi connectivity index (χ0n) is 45.6. The monoisotopic (exact) mass is 956 g/mol. The number of unbranched alkanes of at least 4 members (excludes halogenated alkanes) is 41. The van der Waals surface area contributed by atoms with Crippen LogP contribution in [-0.2, 0) is 14.3 Å². The quantitative estimate of drug-likeness (QED) is 0.0321. The van der Waals surface area contributed by atoms with E-state index in [0.29, 0.717) is 19.4 Å². The number of hydrogen-bond donors (Lipinski definition) is 3. The van der Waals surface area contributed by atoms with Crippen LogP contribution in [0.1, 0.15) is 322 Å². The summed E-state index contributed by atoms with van der Waals surface area (Å²) in [6.07, 6.45) is 71.8. The molecule has 0 aromatic carbocycles. The van der Waals surface area contributed by atoms with Crippen LogP contribution in [-0.4, -0.2) is 47.4 Å². The highest BCUT2D eigenvalue weighted by atomic mass is 16.5. The Bertz CT molecular complexity index is 1100. The Morgan fingerprint density at radius 3 is 1.18 bits per heavy atom. The molecule has 0 saturated heterocycles. The van der Waals surface area contributed by atoms with Crippen molar-refractivity contribution in [3.05, 3.63) is 36.5 Å². The van der Waals surface area contributed by atoms with Crippen molar-refractivity contribution < 1.29 is 24.5 Å². The average Bonchev–Trinajstić information content (AvgIpc) is 3.34. The highest BCUT2D eigenvalue weighted by molar-refractivity contribution is 5.76. The molecule has 0 heterocycles. The maximum atomic E-state index is 12.5. The molecule has 400 valence electrons. The van der Waals surface area contributed by atoms with E-state index in [9.17, 15) is 19.8 Å². The summed E-state index contributed by atoms with van der Waals surface area (Å²) in [4.78, 5) is 24.5. The molecule has 2 atom stereocenters. The van der Waals surface area contributed by atoms with Gasteiger partial charge in [0.05, 0.1) is 25.4 Å². The molecule has 2 unspecified atom stereocenters. The minimum atomic E-state index is -0.845. The first-order valence-electron chi connectivity index (χ1n) is 30.3. The molecule has 0 aromatic heterocycles. The molecule has 1 amide bonds. The molecule has 6 nitrogen and oxygen atoms in total. The second-order valence-corrected chi connectivity index (χ2v) is 20.7. The second-order valence-electron chi connectivity index (χ2n) is 20.7. The number of hydrogen-bond acceptors (Lipinski definition) is 5. The molecule has 0 spiro atoms. The van der Waals surface area contributed by atoms with Crippen LogP contribution in [0.4, 0.5) is 0 Å². The standard InChI is InChI=1S/C62H117NO5/c1-3-5-7-9-11-13-15-17-18-27-31-34-38-42-46-50-54-60(65)59(58-64)63-61(66)55-51-47-43-39-35-32-28-25-23-21-19-20-22-24-26-29-33-37-41-45-49-53-57-68-62(67)56-52-48-44-40-36-30-16-14-12-10-8-6-4-2/h8,10,14,16,50,54,59-60,64-65H,3-7,9,11-13,15,17-49,51-53,55-58H2,1-2H3,(H,63,66)/b10-8-,16-14-,54-50+. The van der Waals surface area contributed by atoms with Crippen LogP contribution in [0.3, 0.4) is 0 Å². The summed E-state index contributed by atoms with van der Waals surface area (Å²) in [6, 6.07) is -0.628. The summed E-state index contributed by atoms with van der Waals surface area (Å²) >= 11 is 0. The van der Waals surface area contributed by atoms with Gasteiger partial charge in [-0.15, -0.1) is 0 Å². The van der Waals surface area contributed by atoms with E-state index in [1.807, 2.05) is 6.08 Å². The Morgan fingerprint density at radius 2 is 0.765 bits per heavy atom. The lowest BCUT2D eigenvalue weighted by Crippen LogP contribution is -2.45. The van der Waals surface area contributed by atoms with Gasteiger partial charge in [-0.25, -0.2) is 0 Å². The van der Waals surface area contributed by atoms with Gasteiger partial charge < -0.3 is 20.3 Å². The summed E-state index contributed by atoms with van der Waals surface area (Å²) in [5.74, 6) is -0.0698. The zero-order valence-corrected chi connectivity index (χ0v) is 45.6. The van der Waals surface area contributed by atoms with Gasteiger partial charge in [-0.1, -0.05) is 288 Å². The molecule has 0 fully saturated rings. The van der Waals surface area contributed by atoms with Crippen molar-refractivity contribution in [2.75, 3.05) is 13.2 Å². The van der Waals surface area contributed by atoms with E-state index in [0.717, 1.165) is 51.4 Å². The number of nitrogens with one attached hydrogen (secondary N) is 1. The Morgan fingerprint density at radius 1 is 0.412 bits per heavy atom. The van der Waals surface area contributed by atoms with Gasteiger partial charge in [-0.3, -0.25) is 9.59 Å². The second kappa shape index (κ2) is 57.7. The van der Waals surface area contributed by atoms with Crippen LogP contribution in [0, 0.1) is 0 Å². The maximum Gasteiger partial charge on any atom is 0.305 e. The third-order valence-corrected chi connectivity index (χ3v) is 13.9. The SMILES string of the molecule is CCC/C=C\C/C=C\CCCCCCCC(=O)OCCCCCCCCCCCCCCCCCCCCCCCCC(=O)NC(CO)C(O)/C=C/CCCCCCCCCCCCCCCC. The molecule has 0 radical (unpaired) electrons. The fraction of sp³-hybridized carbons (Fsp3) is 0.871. The van der Waals surface area contributed by atoms with Crippen molar-refractivity contribution in [1.29, 1.82) is 0 Å². The number of aliphatic hydroxyl groups is 2. The number of carbonyl (C=O) groups is 2. The molecule has 3 N–H and O–H groups in total. The largest absolute Gasteiger partial charge is 0.466 e. The summed E-state index contributed by atoms with van der Waals surface area (Å²) in [5, 5.41) is 23.1. The number of esters is 1. The van der Waals surface area contributed by atoms with Crippen LogP contribution in [0.2, 0.25) is 0 Å². The van der Waals surface area contributed by atoms with Crippen molar-refractivity contribution in [2.45, 2.75) is 334 Å². The lowest BCUT2D eigenvalue weighted by Gasteiger charge is -2.20. The number of aliphatic hydroxyl groups excluding tert-OH is 2. The Hall–Kier alpha value is -1.92. The highest BCUT2D eigenvalue weighted by Crippen LogP contribution is 2.17. The maximum absolute atomic E-state index is 12.5. The van der Waals surface area contributed by atoms with Crippen molar-refractivity contribution in [2.24, 2.45) is 0 Å². The van der Waals surface area contributed by atoms with E-state index < -0.39 is 12.1 Å². The molecule has 0 aliphatic rings. The van der Waals surface area contributed by atoms with E-state index >= 15 is 0 Å². The lowest BCUT2D eigenvalue weighted by atomic mass is 10.0. The minimum absolute atomic E-state index is 0.00276. The van der Waals surface area contributed by atoms with E-state index in [-0.39, 0.29) is 18.5 Å². The van der Waals surface area contributed by atoms with Crippen LogP contribution >= 0.6 is 0 Å². The first kappa shape index (κ1) is 66.1. The van der Waals surface area contributed by atoms with E-state index in [2.05, 4.69) is 43.5 Å². The van der Waals surface area contributed by atoms with E-state index in [1.165, 1.54) is 244 Å². The summed E-state index contributed by atoms with van der Waals surface area (Å²) in [5.41, 5.74) is 0. The Balaban J connectivity index is 3.41. The fourth-order valence-corrected chi connectivity index (χ4v) is 9.26. The van der Waals surface area contributed by atoms with Crippen LogP contribution in [0.15, 0.2) is 36.5 Å². The van der Waals surface area contributed by atoms with Gasteiger partial charge in [0.2, 0.25) is 5.91 Å². The predicted molar refractivity (Wildman–Crippen MR) is 296 cm³/mol. The van der Waals surface area contributed by atoms with Gasteiger partial charge in [-0.2, -0.15) is 0 Å². The third-order valence-electron chi connectivity index (χ3n) is 13.9. The number of amides is 1. The molecule has 0 rings (SSSR count). The van der Waals surface area contributed by atoms with Gasteiger partial charge in [0.25, 0.3) is 0 Å². The van der Waals surface area contributed by atoms with Gasteiger partial charge in [0, 0.05) is 12.8 Å². The first-order valence-corrected chi connectivity index (χ1v) is 30.3. The van der Waals surface area contributed by atoms with Gasteiger partial charge in [-0.05, 0) is 57.8 Å². The molecule has 68 heavy (non-hydrogen) atoms. The summed E-state index contributed by atoms with van der Waals surface area (Å²) in [7, 11) is 0. The number of rotatable bonds is 56. The third kappa shape index (κ3) is 53.4. The minimum Gasteiger partial charge on any atom is -0.466 e. The topological polar surface area (TPSA) is 95.9 Å². The summed E-state index contributed by atoms with van der Waals surface area (Å²) in [6.45, 7) is 4.84. The molecule has 6 heteroatoms. The summed E-state index contributed by atoms with van der Waals surface area (Å²) < 4.78 is 5.47. The van der Waals surface area contributed by atoms with E-state index in [1.54, 1.807) is 6.08 Å². The Kier molecular flexibility index (Phi) is 56.0. The first-order chi connectivity index (χ1) is 33.5. The van der Waals surface area contributed by atoms with Crippen molar-refractivity contribution in [3.8, 4) is 0 Å². The van der Waals surface area contributed by atoms with Crippen molar-refractivity contribution in [1.82, 2.24) is 5.32 Å². The highest BCUT2D eigenvalue weighted by Gasteiger charge is 2.18. The van der Waals surface area contributed by atoms with Gasteiger partial charge in [0.15, 0.2) is 0 Å². The Labute approximate surface area is 424 Å².